The van der Waals surface area contributed by atoms with Gasteiger partial charge in [-0.15, -0.1) is 0 Å². The van der Waals surface area contributed by atoms with Crippen molar-refractivity contribution < 1.29 is 23.7 Å². The van der Waals surface area contributed by atoms with Crippen molar-refractivity contribution in [2.45, 2.75) is 6.54 Å². The lowest BCUT2D eigenvalue weighted by atomic mass is 10.1. The van der Waals surface area contributed by atoms with E-state index in [2.05, 4.69) is 20.3 Å². The van der Waals surface area contributed by atoms with Gasteiger partial charge in [-0.2, -0.15) is 0 Å². The molecule has 0 radical (unpaired) electrons. The summed E-state index contributed by atoms with van der Waals surface area (Å²) in [5, 5.41) is 3.84. The number of benzene rings is 2. The highest BCUT2D eigenvalue weighted by Crippen LogP contribution is 2.37. The Morgan fingerprint density at radius 2 is 1.72 bits per heavy atom. The van der Waals surface area contributed by atoms with E-state index in [0.717, 1.165) is 10.9 Å². The molecule has 0 aliphatic heterocycles. The highest BCUT2D eigenvalue weighted by molar-refractivity contribution is 6.08. The number of nitrogens with one attached hydrogen (secondary N) is 2. The number of rotatable bonds is 12. The number of anilines is 2. The normalized spacial score (nSPS) is 10.8. The van der Waals surface area contributed by atoms with Gasteiger partial charge in [0.2, 0.25) is 0 Å². The van der Waals surface area contributed by atoms with Gasteiger partial charge in [0.1, 0.15) is 22.9 Å². The number of fused-ring (bicyclic) bond motifs is 1. The van der Waals surface area contributed by atoms with Crippen LogP contribution in [0.25, 0.3) is 10.9 Å². The molecule has 0 unspecified atom stereocenters. The Kier molecular flexibility index (Phi) is 9.13. The van der Waals surface area contributed by atoms with Crippen LogP contribution in [0, 0.1) is 0 Å². The molecule has 0 aliphatic carbocycles. The number of carbonyl (C=O) groups is 1. The van der Waals surface area contributed by atoms with Crippen molar-refractivity contribution in [1.82, 2.24) is 15.0 Å². The zero-order chi connectivity index (χ0) is 30.2. The molecule has 5 aromatic rings. The molecule has 0 bridgehead atoms. The van der Waals surface area contributed by atoms with Crippen LogP contribution in [0.15, 0.2) is 90.1 Å². The van der Waals surface area contributed by atoms with Crippen molar-refractivity contribution in [3.8, 4) is 23.0 Å². The summed E-state index contributed by atoms with van der Waals surface area (Å²) in [6.45, 7) is 1.02. The monoisotopic (exact) mass is 581 g/mol. The van der Waals surface area contributed by atoms with Crippen molar-refractivity contribution in [3.05, 3.63) is 107 Å². The molecule has 0 saturated carbocycles. The lowest BCUT2D eigenvalue weighted by molar-refractivity contribution is 0.0983. The maximum absolute atomic E-state index is 14.0. The van der Waals surface area contributed by atoms with E-state index >= 15 is 0 Å². The average Bonchev–Trinajstić information content (AvgIpc) is 3.04. The number of hydrogen-bond acceptors (Lipinski definition) is 9. The van der Waals surface area contributed by atoms with Gasteiger partial charge in [0, 0.05) is 37.5 Å². The molecule has 1 amide bonds. The molecule has 11 nitrogen and oxygen atoms in total. The lowest BCUT2D eigenvalue weighted by Gasteiger charge is -2.23. The van der Waals surface area contributed by atoms with Crippen LogP contribution < -0.4 is 30.0 Å². The Labute approximate surface area is 248 Å². The van der Waals surface area contributed by atoms with Crippen LogP contribution in [0.4, 0.5) is 11.5 Å². The third-order valence-corrected chi connectivity index (χ3v) is 6.66. The number of pyridine rings is 3. The molecule has 2 N–H and O–H groups in total. The van der Waals surface area contributed by atoms with Crippen molar-refractivity contribution in [3.63, 3.8) is 0 Å². The molecule has 0 atom stereocenters. The maximum Gasteiger partial charge on any atom is 0.267 e. The number of hydrogen-bond donors (Lipinski definition) is 2. The van der Waals surface area contributed by atoms with Crippen molar-refractivity contribution in [2.75, 3.05) is 44.7 Å². The van der Waals surface area contributed by atoms with Gasteiger partial charge in [-0.25, -0.2) is 4.98 Å². The first-order valence-corrected chi connectivity index (χ1v) is 13.5. The summed E-state index contributed by atoms with van der Waals surface area (Å²) in [5.41, 5.74) is 1.40. The van der Waals surface area contributed by atoms with Gasteiger partial charge in [0.25, 0.3) is 11.5 Å². The summed E-state index contributed by atoms with van der Waals surface area (Å²) < 4.78 is 22.1. The molecular weight excluding hydrogens is 550 g/mol. The highest BCUT2D eigenvalue weighted by atomic mass is 16.5. The number of aromatic nitrogens is 3. The van der Waals surface area contributed by atoms with Gasteiger partial charge in [0.05, 0.1) is 44.8 Å². The number of methoxy groups -OCH3 is 3. The van der Waals surface area contributed by atoms with Gasteiger partial charge in [-0.1, -0.05) is 30.3 Å². The maximum atomic E-state index is 14.0. The van der Waals surface area contributed by atoms with Crippen LogP contribution in [-0.2, 0) is 11.3 Å². The van der Waals surface area contributed by atoms with Gasteiger partial charge in [-0.05, 0) is 35.9 Å². The SMILES string of the molecule is COCCNc1cc[nH]c(=O)c1C(=O)N(Cc1ccccc1)c1ccc(Oc2ccnc3cc(OC)c(OC)cc23)cn1. The minimum atomic E-state index is -0.512. The second kappa shape index (κ2) is 13.5. The fourth-order valence-electron chi connectivity index (χ4n) is 4.54. The molecule has 43 heavy (non-hydrogen) atoms. The zero-order valence-electron chi connectivity index (χ0n) is 24.0. The second-order valence-corrected chi connectivity index (χ2v) is 9.38. The van der Waals surface area contributed by atoms with E-state index in [1.807, 2.05) is 30.3 Å². The number of nitrogens with zero attached hydrogens (tertiary/aromatic N) is 3. The minimum absolute atomic E-state index is 0.0238. The summed E-state index contributed by atoms with van der Waals surface area (Å²) in [4.78, 5) is 40.0. The van der Waals surface area contributed by atoms with E-state index in [9.17, 15) is 9.59 Å². The first-order valence-electron chi connectivity index (χ1n) is 13.5. The molecular formula is C32H31N5O6. The molecule has 0 fully saturated rings. The average molecular weight is 582 g/mol. The van der Waals surface area contributed by atoms with Gasteiger partial charge >= 0.3 is 0 Å². The van der Waals surface area contributed by atoms with Gasteiger partial charge in [0.15, 0.2) is 11.5 Å². The number of amides is 1. The van der Waals surface area contributed by atoms with E-state index in [0.29, 0.717) is 53.2 Å². The van der Waals surface area contributed by atoms with Crippen molar-refractivity contribution >= 4 is 28.3 Å². The summed E-state index contributed by atoms with van der Waals surface area (Å²) in [6, 6.07) is 19.9. The standard InChI is InChI=1S/C32H31N5O6/c1-40-16-15-34-24-11-13-35-31(38)30(24)32(39)37(20-21-7-5-4-6-8-21)29-10-9-22(19-36-29)43-26-12-14-33-25-18-28(42-3)27(41-2)17-23(25)26/h4-14,17-19H,15-16,20H2,1-3H3,(H2,34,35,38). The van der Waals surface area contributed by atoms with Crippen LogP contribution in [0.3, 0.4) is 0 Å². The van der Waals surface area contributed by atoms with Crippen molar-refractivity contribution in [2.24, 2.45) is 0 Å². The Bertz CT molecular complexity index is 1760. The van der Waals surface area contributed by atoms with E-state index in [1.54, 1.807) is 63.9 Å². The lowest BCUT2D eigenvalue weighted by Crippen LogP contribution is -2.36. The third kappa shape index (κ3) is 6.57. The van der Waals surface area contributed by atoms with Crippen LogP contribution in [0.1, 0.15) is 15.9 Å². The predicted octanol–water partition coefficient (Wildman–Crippen LogP) is 5.03. The molecule has 0 aliphatic rings. The molecule has 0 saturated heterocycles. The largest absolute Gasteiger partial charge is 0.493 e. The molecule has 2 aromatic carbocycles. The number of H-pyrrole nitrogens is 1. The number of carbonyl (C=O) groups excluding carboxylic acids is 1. The van der Waals surface area contributed by atoms with Gasteiger partial charge in [-0.3, -0.25) is 19.5 Å². The summed E-state index contributed by atoms with van der Waals surface area (Å²) in [7, 11) is 4.71. The second-order valence-electron chi connectivity index (χ2n) is 9.38. The molecule has 5 rings (SSSR count). The fourth-order valence-corrected chi connectivity index (χ4v) is 4.54. The van der Waals surface area contributed by atoms with Gasteiger partial charge < -0.3 is 29.2 Å². The van der Waals surface area contributed by atoms with Crippen LogP contribution in [0.5, 0.6) is 23.0 Å². The molecule has 220 valence electrons. The molecule has 3 heterocycles. The third-order valence-electron chi connectivity index (χ3n) is 6.66. The van der Waals surface area contributed by atoms with E-state index < -0.39 is 11.5 Å². The predicted molar refractivity (Wildman–Crippen MR) is 164 cm³/mol. The minimum Gasteiger partial charge on any atom is -0.493 e. The fraction of sp³-hybridized carbons (Fsp3) is 0.188. The molecule has 11 heteroatoms. The number of aromatic amines is 1. The Hall–Kier alpha value is -5.42. The summed E-state index contributed by atoms with van der Waals surface area (Å²) in [6.07, 6.45) is 4.66. The first-order chi connectivity index (χ1) is 21.0. The topological polar surface area (TPSA) is 128 Å². The first kappa shape index (κ1) is 29.1. The van der Waals surface area contributed by atoms with Crippen LogP contribution in [0.2, 0.25) is 0 Å². The molecule has 0 spiro atoms. The quantitative estimate of drug-likeness (QED) is 0.195. The number of ether oxygens (including phenoxy) is 4. The van der Waals surface area contributed by atoms with Crippen LogP contribution >= 0.6 is 0 Å². The van der Waals surface area contributed by atoms with E-state index in [1.165, 1.54) is 17.3 Å². The van der Waals surface area contributed by atoms with Crippen molar-refractivity contribution in [1.29, 1.82) is 0 Å². The Balaban J connectivity index is 1.47. The van der Waals surface area contributed by atoms with E-state index in [-0.39, 0.29) is 12.1 Å². The zero-order valence-corrected chi connectivity index (χ0v) is 24.0. The van der Waals surface area contributed by atoms with Crippen LogP contribution in [-0.4, -0.2) is 55.3 Å². The summed E-state index contributed by atoms with van der Waals surface area (Å²) in [5.74, 6) is 1.93. The summed E-state index contributed by atoms with van der Waals surface area (Å²) >= 11 is 0. The Morgan fingerprint density at radius 3 is 2.44 bits per heavy atom. The van der Waals surface area contributed by atoms with E-state index in [4.69, 9.17) is 18.9 Å². The Morgan fingerprint density at radius 1 is 0.930 bits per heavy atom. The molecule has 3 aromatic heterocycles. The highest BCUT2D eigenvalue weighted by Gasteiger charge is 2.25. The smallest absolute Gasteiger partial charge is 0.267 e.